The van der Waals surface area contributed by atoms with Crippen LogP contribution >= 0.6 is 10.7 Å². The Bertz CT molecular complexity index is 407. The lowest BCUT2D eigenvalue weighted by atomic mass is 10.2. The summed E-state index contributed by atoms with van der Waals surface area (Å²) in [5.41, 5.74) is 1.24. The molecule has 0 aliphatic rings. The third-order valence-electron chi connectivity index (χ3n) is 1.36. The van der Waals surface area contributed by atoms with Crippen molar-refractivity contribution in [1.82, 2.24) is 0 Å². The zero-order chi connectivity index (χ0) is 12.8. The van der Waals surface area contributed by atoms with Gasteiger partial charge in [0.2, 0.25) is 0 Å². The van der Waals surface area contributed by atoms with Crippen LogP contribution in [0.5, 0.6) is 5.75 Å². The molecule has 92 valence electrons. The molecule has 0 saturated carbocycles. The van der Waals surface area contributed by atoms with E-state index in [0.29, 0.717) is 0 Å². The molecule has 16 heavy (non-hydrogen) atoms. The number of hydrogen-bond acceptors (Lipinski definition) is 3. The first-order valence-corrected chi connectivity index (χ1v) is 6.85. The molecule has 1 rings (SSSR count). The summed E-state index contributed by atoms with van der Waals surface area (Å²) in [7, 11) is -0.137. The van der Waals surface area contributed by atoms with Crippen molar-refractivity contribution in [3.8, 4) is 5.75 Å². The Labute approximate surface area is 100 Å². The maximum absolute atomic E-state index is 8.95. The van der Waals surface area contributed by atoms with Crippen molar-refractivity contribution in [3.05, 3.63) is 29.8 Å². The molecular formula is C10H15ClO4S. The van der Waals surface area contributed by atoms with Gasteiger partial charge in [-0.05, 0) is 38.5 Å². The number of aryl methyl sites for hydroxylation is 1. The van der Waals surface area contributed by atoms with Gasteiger partial charge in [-0.2, -0.15) is 8.42 Å². The van der Waals surface area contributed by atoms with Gasteiger partial charge < -0.3 is 4.74 Å². The Balaban J connectivity index is 0.000000385. The van der Waals surface area contributed by atoms with E-state index >= 15 is 0 Å². The maximum atomic E-state index is 8.95. The SMILES string of the molecule is Cc1cccc(OC(C)C)c1.O=S(=O)(O)Cl. The first-order valence-electron chi connectivity index (χ1n) is 4.59. The Kier molecular flexibility index (Phi) is 6.40. The van der Waals surface area contributed by atoms with Crippen LogP contribution in [0, 0.1) is 6.92 Å². The first-order chi connectivity index (χ1) is 7.18. The monoisotopic (exact) mass is 266 g/mol. The molecule has 4 nitrogen and oxygen atoms in total. The predicted molar refractivity (Wildman–Crippen MR) is 64.3 cm³/mol. The summed E-state index contributed by atoms with van der Waals surface area (Å²) in [4.78, 5) is 0. The third kappa shape index (κ3) is 11.3. The minimum Gasteiger partial charge on any atom is -0.491 e. The highest BCUT2D eigenvalue weighted by Gasteiger charge is 1.95. The second-order valence-electron chi connectivity index (χ2n) is 3.40. The number of ether oxygens (including phenoxy) is 1. The summed E-state index contributed by atoms with van der Waals surface area (Å²) in [6.07, 6.45) is 0.261. The van der Waals surface area contributed by atoms with E-state index in [1.165, 1.54) is 5.56 Å². The molecule has 6 heteroatoms. The topological polar surface area (TPSA) is 63.6 Å². The van der Waals surface area contributed by atoms with Crippen molar-refractivity contribution in [2.24, 2.45) is 0 Å². The molecule has 0 radical (unpaired) electrons. The fourth-order valence-electron chi connectivity index (χ4n) is 0.961. The molecule has 0 heterocycles. The summed E-state index contributed by atoms with van der Waals surface area (Å²) < 4.78 is 30.7. The van der Waals surface area contributed by atoms with Crippen LogP contribution in [0.1, 0.15) is 19.4 Å². The molecule has 0 bridgehead atoms. The summed E-state index contributed by atoms with van der Waals surface area (Å²) in [5.74, 6) is 0.958. The van der Waals surface area contributed by atoms with Gasteiger partial charge in [0.15, 0.2) is 0 Å². The average molecular weight is 267 g/mol. The minimum absolute atomic E-state index is 0.261. The third-order valence-corrected chi connectivity index (χ3v) is 1.36. The largest absolute Gasteiger partial charge is 0.491 e. The van der Waals surface area contributed by atoms with Gasteiger partial charge in [0, 0.05) is 10.7 Å². The number of halogens is 1. The molecule has 0 fully saturated rings. The summed E-state index contributed by atoms with van der Waals surface area (Å²) in [5, 5.41) is 0. The quantitative estimate of drug-likeness (QED) is 0.660. The van der Waals surface area contributed by atoms with Crippen molar-refractivity contribution in [2.75, 3.05) is 0 Å². The smallest absolute Gasteiger partial charge is 0.353 e. The van der Waals surface area contributed by atoms with Crippen LogP contribution in [0.15, 0.2) is 24.3 Å². The Morgan fingerprint density at radius 3 is 2.25 bits per heavy atom. The maximum Gasteiger partial charge on any atom is 0.353 e. The van der Waals surface area contributed by atoms with E-state index in [1.807, 2.05) is 32.0 Å². The highest BCUT2D eigenvalue weighted by molar-refractivity contribution is 8.09. The molecule has 0 atom stereocenters. The van der Waals surface area contributed by atoms with Gasteiger partial charge in [-0.3, -0.25) is 4.55 Å². The minimum atomic E-state index is -4.19. The van der Waals surface area contributed by atoms with E-state index in [-0.39, 0.29) is 6.10 Å². The second kappa shape index (κ2) is 6.73. The first kappa shape index (κ1) is 15.2. The fraction of sp³-hybridized carbons (Fsp3) is 0.400. The fourth-order valence-corrected chi connectivity index (χ4v) is 0.961. The lowest BCUT2D eigenvalue weighted by molar-refractivity contribution is 0.242. The molecule has 1 aromatic rings. The van der Waals surface area contributed by atoms with E-state index in [9.17, 15) is 0 Å². The van der Waals surface area contributed by atoms with Gasteiger partial charge in [-0.1, -0.05) is 12.1 Å². The zero-order valence-corrected chi connectivity index (χ0v) is 10.9. The van der Waals surface area contributed by atoms with Crippen molar-refractivity contribution in [3.63, 3.8) is 0 Å². The molecule has 0 spiro atoms. The normalized spacial score (nSPS) is 10.6. The predicted octanol–water partition coefficient (Wildman–Crippen LogP) is 2.81. The lowest BCUT2D eigenvalue weighted by Gasteiger charge is -2.09. The molecule has 0 aromatic heterocycles. The molecule has 0 amide bonds. The van der Waals surface area contributed by atoms with E-state index in [0.717, 1.165) is 5.75 Å². The van der Waals surface area contributed by atoms with E-state index in [1.54, 1.807) is 0 Å². The lowest BCUT2D eigenvalue weighted by Crippen LogP contribution is -2.05. The number of rotatable bonds is 2. The Hall–Kier alpha value is -0.780. The zero-order valence-electron chi connectivity index (χ0n) is 9.34. The van der Waals surface area contributed by atoms with Gasteiger partial charge in [-0.25, -0.2) is 0 Å². The summed E-state index contributed by atoms with van der Waals surface area (Å²) >= 11 is 0. The van der Waals surface area contributed by atoms with Crippen molar-refractivity contribution in [1.29, 1.82) is 0 Å². The van der Waals surface area contributed by atoms with E-state index in [2.05, 4.69) is 23.7 Å². The van der Waals surface area contributed by atoms with Crippen LogP contribution in [-0.2, 0) is 9.33 Å². The molecular weight excluding hydrogens is 252 g/mol. The van der Waals surface area contributed by atoms with Crippen LogP contribution in [-0.4, -0.2) is 19.1 Å². The van der Waals surface area contributed by atoms with Gasteiger partial charge in [0.25, 0.3) is 0 Å². The summed E-state index contributed by atoms with van der Waals surface area (Å²) in [6.45, 7) is 6.12. The standard InChI is InChI=1S/C10H14O.ClHO3S/c1-8(2)11-10-6-4-5-9(3)7-10;1-5(2,3)4/h4-8H,1-3H3;(H,2,3,4). The molecule has 0 aliphatic carbocycles. The molecule has 1 N–H and O–H groups in total. The second-order valence-corrected chi connectivity index (χ2v) is 5.39. The van der Waals surface area contributed by atoms with Crippen molar-refractivity contribution < 1.29 is 17.7 Å². The molecule has 0 unspecified atom stereocenters. The van der Waals surface area contributed by atoms with Crippen LogP contribution in [0.4, 0.5) is 0 Å². The molecule has 1 aromatic carbocycles. The highest BCUT2D eigenvalue weighted by atomic mass is 35.7. The van der Waals surface area contributed by atoms with Crippen molar-refractivity contribution in [2.45, 2.75) is 26.9 Å². The van der Waals surface area contributed by atoms with Crippen molar-refractivity contribution >= 4 is 20.0 Å². The van der Waals surface area contributed by atoms with Crippen LogP contribution < -0.4 is 4.74 Å². The van der Waals surface area contributed by atoms with Crippen LogP contribution in [0.2, 0.25) is 0 Å². The van der Waals surface area contributed by atoms with Gasteiger partial charge >= 0.3 is 9.33 Å². The number of hydrogen-bond donors (Lipinski definition) is 1. The van der Waals surface area contributed by atoms with E-state index in [4.69, 9.17) is 17.7 Å². The molecule has 0 saturated heterocycles. The van der Waals surface area contributed by atoms with Gasteiger partial charge in [-0.15, -0.1) is 0 Å². The highest BCUT2D eigenvalue weighted by Crippen LogP contribution is 2.13. The van der Waals surface area contributed by atoms with E-state index < -0.39 is 9.33 Å². The van der Waals surface area contributed by atoms with Gasteiger partial charge in [0.05, 0.1) is 6.10 Å². The Morgan fingerprint density at radius 1 is 1.38 bits per heavy atom. The Morgan fingerprint density at radius 2 is 1.88 bits per heavy atom. The average Bonchev–Trinajstić information content (AvgIpc) is 1.98. The number of benzene rings is 1. The summed E-state index contributed by atoms with van der Waals surface area (Å²) in [6, 6.07) is 8.09. The van der Waals surface area contributed by atoms with Crippen LogP contribution in [0.25, 0.3) is 0 Å². The molecule has 0 aliphatic heterocycles. The van der Waals surface area contributed by atoms with Crippen LogP contribution in [0.3, 0.4) is 0 Å². The van der Waals surface area contributed by atoms with Gasteiger partial charge in [0.1, 0.15) is 5.75 Å².